The Morgan fingerprint density at radius 3 is 2.67 bits per heavy atom. The van der Waals surface area contributed by atoms with E-state index in [1.54, 1.807) is 12.1 Å². The summed E-state index contributed by atoms with van der Waals surface area (Å²) in [7, 11) is 1.76. The number of hydrogen-bond acceptors (Lipinski definition) is 3. The predicted molar refractivity (Wildman–Crippen MR) is 75.0 cm³/mol. The Morgan fingerprint density at radius 1 is 1.33 bits per heavy atom. The molecule has 0 amide bonds. The Bertz CT molecular complexity index is 474. The van der Waals surface area contributed by atoms with Gasteiger partial charge in [-0.05, 0) is 37.0 Å². The molecular weight excluding hydrogens is 295 g/mol. The lowest BCUT2D eigenvalue weighted by molar-refractivity contribution is 0.282. The summed E-state index contributed by atoms with van der Waals surface area (Å²) in [6.45, 7) is 2.51. The van der Waals surface area contributed by atoms with Crippen molar-refractivity contribution in [2.24, 2.45) is 5.92 Å². The van der Waals surface area contributed by atoms with Crippen molar-refractivity contribution in [3.05, 3.63) is 29.3 Å². The molecule has 0 spiro atoms. The first-order valence-corrected chi connectivity index (χ1v) is 8.53. The minimum atomic E-state index is -3.39. The van der Waals surface area contributed by atoms with E-state index in [1.165, 1.54) is 0 Å². The summed E-state index contributed by atoms with van der Waals surface area (Å²) >= 11 is 5.82. The van der Waals surface area contributed by atoms with Crippen LogP contribution in [0, 0.1) is 5.92 Å². The number of benzene rings is 1. The SMILES string of the molecule is CC(CCOc1cccc(Cl)c1)CCS(=O)(=O)Cl. The molecule has 0 bridgehead atoms. The average molecular weight is 311 g/mol. The fraction of sp³-hybridized carbons (Fsp3) is 0.500. The van der Waals surface area contributed by atoms with Crippen molar-refractivity contribution >= 4 is 31.3 Å². The highest BCUT2D eigenvalue weighted by molar-refractivity contribution is 8.13. The van der Waals surface area contributed by atoms with Crippen LogP contribution in [-0.4, -0.2) is 20.8 Å². The summed E-state index contributed by atoms with van der Waals surface area (Å²) in [5, 5.41) is 0.633. The Hall–Kier alpha value is -0.450. The van der Waals surface area contributed by atoms with Crippen molar-refractivity contribution in [1.82, 2.24) is 0 Å². The van der Waals surface area contributed by atoms with Gasteiger partial charge in [-0.25, -0.2) is 8.42 Å². The molecule has 0 aliphatic heterocycles. The molecule has 0 fully saturated rings. The second kappa shape index (κ2) is 7.22. The van der Waals surface area contributed by atoms with E-state index in [0.29, 0.717) is 18.1 Å². The van der Waals surface area contributed by atoms with Crippen LogP contribution in [0.5, 0.6) is 5.75 Å². The molecule has 102 valence electrons. The van der Waals surface area contributed by atoms with Crippen molar-refractivity contribution in [3.63, 3.8) is 0 Å². The largest absolute Gasteiger partial charge is 0.494 e. The zero-order chi connectivity index (χ0) is 13.6. The van der Waals surface area contributed by atoms with Gasteiger partial charge in [-0.1, -0.05) is 24.6 Å². The van der Waals surface area contributed by atoms with Gasteiger partial charge in [0, 0.05) is 15.7 Å². The smallest absolute Gasteiger partial charge is 0.232 e. The Balaban J connectivity index is 2.25. The van der Waals surface area contributed by atoms with E-state index < -0.39 is 9.05 Å². The summed E-state index contributed by atoms with van der Waals surface area (Å²) in [4.78, 5) is 0. The van der Waals surface area contributed by atoms with E-state index in [1.807, 2.05) is 19.1 Å². The van der Waals surface area contributed by atoms with Crippen molar-refractivity contribution in [3.8, 4) is 5.75 Å². The van der Waals surface area contributed by atoms with Gasteiger partial charge in [0.15, 0.2) is 0 Å². The fourth-order valence-corrected chi connectivity index (χ4v) is 2.55. The van der Waals surface area contributed by atoms with Crippen LogP contribution in [0.2, 0.25) is 5.02 Å². The van der Waals surface area contributed by atoms with Crippen LogP contribution < -0.4 is 4.74 Å². The predicted octanol–water partition coefficient (Wildman–Crippen LogP) is 3.70. The molecule has 0 aliphatic carbocycles. The molecular formula is C12H16Cl2O3S. The summed E-state index contributed by atoms with van der Waals surface area (Å²) in [5.41, 5.74) is 0. The van der Waals surface area contributed by atoms with Gasteiger partial charge in [-0.3, -0.25) is 0 Å². The Labute approximate surface area is 117 Å². The van der Waals surface area contributed by atoms with E-state index in [-0.39, 0.29) is 11.7 Å². The lowest BCUT2D eigenvalue weighted by Crippen LogP contribution is -2.08. The maximum absolute atomic E-state index is 10.8. The third-order valence-electron chi connectivity index (χ3n) is 2.53. The first-order valence-electron chi connectivity index (χ1n) is 5.67. The van der Waals surface area contributed by atoms with Crippen LogP contribution in [-0.2, 0) is 9.05 Å². The van der Waals surface area contributed by atoms with Gasteiger partial charge in [0.05, 0.1) is 12.4 Å². The fourth-order valence-electron chi connectivity index (χ4n) is 1.42. The maximum atomic E-state index is 10.8. The van der Waals surface area contributed by atoms with E-state index in [0.717, 1.165) is 12.2 Å². The lowest BCUT2D eigenvalue weighted by atomic mass is 10.1. The molecule has 1 aromatic rings. The van der Waals surface area contributed by atoms with Crippen molar-refractivity contribution in [2.75, 3.05) is 12.4 Å². The topological polar surface area (TPSA) is 43.4 Å². The molecule has 0 saturated carbocycles. The normalized spacial score (nSPS) is 13.3. The minimum absolute atomic E-state index is 0.00683. The third kappa shape index (κ3) is 7.09. The zero-order valence-corrected chi connectivity index (χ0v) is 12.4. The molecule has 0 aromatic heterocycles. The summed E-state index contributed by atoms with van der Waals surface area (Å²) in [6, 6.07) is 7.18. The number of rotatable bonds is 7. The highest BCUT2D eigenvalue weighted by Crippen LogP contribution is 2.18. The molecule has 3 nitrogen and oxygen atoms in total. The molecule has 1 atom stereocenters. The van der Waals surface area contributed by atoms with Gasteiger partial charge in [-0.2, -0.15) is 0 Å². The maximum Gasteiger partial charge on any atom is 0.232 e. The molecule has 1 aromatic carbocycles. The van der Waals surface area contributed by atoms with E-state index >= 15 is 0 Å². The van der Waals surface area contributed by atoms with Crippen LogP contribution in [0.1, 0.15) is 19.8 Å². The molecule has 0 N–H and O–H groups in total. The third-order valence-corrected chi connectivity index (χ3v) is 3.95. The van der Waals surface area contributed by atoms with Gasteiger partial charge >= 0.3 is 0 Å². The van der Waals surface area contributed by atoms with Gasteiger partial charge in [0.25, 0.3) is 0 Å². The van der Waals surface area contributed by atoms with Crippen molar-refractivity contribution in [1.29, 1.82) is 0 Å². The average Bonchev–Trinajstić information content (AvgIpc) is 2.25. The van der Waals surface area contributed by atoms with Crippen LogP contribution >= 0.6 is 22.3 Å². The molecule has 18 heavy (non-hydrogen) atoms. The highest BCUT2D eigenvalue weighted by Gasteiger charge is 2.09. The molecule has 0 saturated heterocycles. The summed E-state index contributed by atoms with van der Waals surface area (Å²) in [5.74, 6) is 0.977. The summed E-state index contributed by atoms with van der Waals surface area (Å²) in [6.07, 6.45) is 1.32. The van der Waals surface area contributed by atoms with Gasteiger partial charge in [-0.15, -0.1) is 0 Å². The summed E-state index contributed by atoms with van der Waals surface area (Å²) < 4.78 is 27.1. The molecule has 6 heteroatoms. The number of halogens is 2. The van der Waals surface area contributed by atoms with E-state index in [9.17, 15) is 8.42 Å². The Morgan fingerprint density at radius 2 is 2.06 bits per heavy atom. The highest BCUT2D eigenvalue weighted by atomic mass is 35.7. The van der Waals surface area contributed by atoms with Gasteiger partial charge in [0.2, 0.25) is 9.05 Å². The molecule has 0 radical (unpaired) electrons. The molecule has 1 rings (SSSR count). The second-order valence-electron chi connectivity index (χ2n) is 4.23. The lowest BCUT2D eigenvalue weighted by Gasteiger charge is -2.11. The molecule has 0 aliphatic rings. The van der Waals surface area contributed by atoms with Crippen LogP contribution in [0.15, 0.2) is 24.3 Å². The van der Waals surface area contributed by atoms with Gasteiger partial charge in [0.1, 0.15) is 5.75 Å². The standard InChI is InChI=1S/C12H16Cl2O3S/c1-10(6-8-18(14,15)16)5-7-17-12-4-2-3-11(13)9-12/h2-4,9-10H,5-8H2,1H3. The van der Waals surface area contributed by atoms with Crippen LogP contribution in [0.4, 0.5) is 0 Å². The second-order valence-corrected chi connectivity index (χ2v) is 7.56. The van der Waals surface area contributed by atoms with Crippen LogP contribution in [0.25, 0.3) is 0 Å². The van der Waals surface area contributed by atoms with Crippen molar-refractivity contribution < 1.29 is 13.2 Å². The number of hydrogen-bond donors (Lipinski definition) is 0. The van der Waals surface area contributed by atoms with Crippen LogP contribution in [0.3, 0.4) is 0 Å². The molecule has 0 heterocycles. The first-order chi connectivity index (χ1) is 8.37. The Kier molecular flexibility index (Phi) is 6.26. The van der Waals surface area contributed by atoms with Crippen molar-refractivity contribution in [2.45, 2.75) is 19.8 Å². The minimum Gasteiger partial charge on any atom is -0.494 e. The first kappa shape index (κ1) is 15.6. The van der Waals surface area contributed by atoms with E-state index in [2.05, 4.69) is 0 Å². The molecule has 1 unspecified atom stereocenters. The quantitative estimate of drug-likeness (QED) is 0.721. The van der Waals surface area contributed by atoms with E-state index in [4.69, 9.17) is 27.0 Å². The zero-order valence-electron chi connectivity index (χ0n) is 10.1. The number of ether oxygens (including phenoxy) is 1. The van der Waals surface area contributed by atoms with Gasteiger partial charge < -0.3 is 4.74 Å². The monoisotopic (exact) mass is 310 g/mol.